The molecule has 0 aromatic carbocycles. The second kappa shape index (κ2) is 12.3. The van der Waals surface area contributed by atoms with Crippen LogP contribution in [-0.4, -0.2) is 60.4 Å². The molecule has 0 spiro atoms. The van der Waals surface area contributed by atoms with Gasteiger partial charge in [0.1, 0.15) is 19.8 Å². The van der Waals surface area contributed by atoms with Gasteiger partial charge < -0.3 is 24.1 Å². The van der Waals surface area contributed by atoms with Crippen LogP contribution in [0.2, 0.25) is 0 Å². The fraction of sp³-hybridized carbons (Fsp3) is 0.476. The first kappa shape index (κ1) is 25.6. The molecule has 1 N–H and O–H groups in total. The molecule has 1 saturated carbocycles. The van der Waals surface area contributed by atoms with Crippen molar-refractivity contribution in [3.8, 4) is 0 Å². The molecule has 0 saturated heterocycles. The molecule has 1 fully saturated rings. The summed E-state index contributed by atoms with van der Waals surface area (Å²) in [6, 6.07) is 0. The second-order valence-corrected chi connectivity index (χ2v) is 6.88. The lowest BCUT2D eigenvalue weighted by molar-refractivity contribution is -0.193. The molecule has 2 unspecified atom stereocenters. The van der Waals surface area contributed by atoms with Crippen LogP contribution in [0.4, 0.5) is 0 Å². The van der Waals surface area contributed by atoms with Crippen LogP contribution >= 0.6 is 0 Å². The smallest absolute Gasteiger partial charge is 0.331 e. The van der Waals surface area contributed by atoms with Crippen molar-refractivity contribution in [1.29, 1.82) is 0 Å². The van der Waals surface area contributed by atoms with Crippen molar-refractivity contribution in [2.75, 3.05) is 19.8 Å². The Morgan fingerprint density at radius 3 is 1.68 bits per heavy atom. The second-order valence-electron chi connectivity index (χ2n) is 6.88. The minimum Gasteiger partial charge on any atom is -0.481 e. The Hall–Kier alpha value is -3.43. The predicted molar refractivity (Wildman–Crippen MR) is 105 cm³/mol. The zero-order chi connectivity index (χ0) is 23.4. The molecule has 1 aliphatic rings. The third-order valence-corrected chi connectivity index (χ3v) is 4.64. The predicted octanol–water partition coefficient (Wildman–Crippen LogP) is 1.35. The van der Waals surface area contributed by atoms with Crippen molar-refractivity contribution in [3.63, 3.8) is 0 Å². The van der Waals surface area contributed by atoms with Crippen molar-refractivity contribution < 1.29 is 48.0 Å². The van der Waals surface area contributed by atoms with Gasteiger partial charge >= 0.3 is 29.8 Å². The maximum absolute atomic E-state index is 12.6. The lowest BCUT2D eigenvalue weighted by Gasteiger charge is -2.32. The lowest BCUT2D eigenvalue weighted by atomic mass is 9.79. The molecular weight excluding hydrogens is 412 g/mol. The maximum atomic E-state index is 12.6. The molecule has 170 valence electrons. The first-order valence-electron chi connectivity index (χ1n) is 9.51. The van der Waals surface area contributed by atoms with Gasteiger partial charge in [0.15, 0.2) is 0 Å². The Kier molecular flexibility index (Phi) is 10.2. The largest absolute Gasteiger partial charge is 0.481 e. The van der Waals surface area contributed by atoms with E-state index in [4.69, 9.17) is 18.9 Å². The Bertz CT molecular complexity index is 714. The molecular formula is C21H26O10. The van der Waals surface area contributed by atoms with Crippen molar-refractivity contribution in [1.82, 2.24) is 0 Å². The topological polar surface area (TPSA) is 142 Å². The van der Waals surface area contributed by atoms with E-state index < -0.39 is 67.1 Å². The van der Waals surface area contributed by atoms with Gasteiger partial charge in [-0.2, -0.15) is 0 Å². The van der Waals surface area contributed by atoms with Crippen LogP contribution in [0, 0.1) is 11.8 Å². The Morgan fingerprint density at radius 2 is 1.23 bits per heavy atom. The summed E-state index contributed by atoms with van der Waals surface area (Å²) in [5, 5.41) is 9.36. The highest BCUT2D eigenvalue weighted by Gasteiger charge is 2.42. The standard InChI is InChI=1S/C21H26O10/c1-4-16(22)28-11-21(31-18(24)6-3,12-29-17(23)5-2)13-30-20(27)15-10-8-7-9-14(15)19(25)26/h4-6,14-15H,1-3,7-13H2,(H,25,26). The fourth-order valence-electron chi connectivity index (χ4n) is 3.01. The maximum Gasteiger partial charge on any atom is 0.331 e. The SMILES string of the molecule is C=CC(=O)OCC(COC(=O)C=C)(COC(=O)C1CCCCC1C(=O)O)OC(=O)C=C. The van der Waals surface area contributed by atoms with Gasteiger partial charge in [0.25, 0.3) is 0 Å². The highest BCUT2D eigenvalue weighted by atomic mass is 16.6. The number of aliphatic carboxylic acids is 1. The van der Waals surface area contributed by atoms with Crippen molar-refractivity contribution in [2.45, 2.75) is 31.3 Å². The molecule has 0 amide bonds. The minimum absolute atomic E-state index is 0.326. The zero-order valence-corrected chi connectivity index (χ0v) is 17.1. The quantitative estimate of drug-likeness (QED) is 0.269. The number of hydrogen-bond donors (Lipinski definition) is 1. The van der Waals surface area contributed by atoms with Gasteiger partial charge in [0.2, 0.25) is 5.60 Å². The number of rotatable bonds is 12. The molecule has 2 atom stereocenters. The van der Waals surface area contributed by atoms with Crippen LogP contribution in [0.5, 0.6) is 0 Å². The van der Waals surface area contributed by atoms with E-state index in [0.717, 1.165) is 18.2 Å². The summed E-state index contributed by atoms with van der Waals surface area (Å²) < 4.78 is 20.3. The first-order chi connectivity index (χ1) is 14.7. The molecule has 0 aromatic heterocycles. The summed E-state index contributed by atoms with van der Waals surface area (Å²) in [6.07, 6.45) is 4.54. The third-order valence-electron chi connectivity index (χ3n) is 4.64. The molecule has 0 radical (unpaired) electrons. The summed E-state index contributed by atoms with van der Waals surface area (Å²) in [5.74, 6) is -6.38. The number of carbonyl (C=O) groups is 5. The average molecular weight is 438 g/mol. The van der Waals surface area contributed by atoms with Gasteiger partial charge in [-0.3, -0.25) is 9.59 Å². The van der Waals surface area contributed by atoms with Crippen LogP contribution in [0.3, 0.4) is 0 Å². The summed E-state index contributed by atoms with van der Waals surface area (Å²) in [6.45, 7) is 7.83. The monoisotopic (exact) mass is 438 g/mol. The van der Waals surface area contributed by atoms with E-state index in [2.05, 4.69) is 19.7 Å². The van der Waals surface area contributed by atoms with E-state index in [1.165, 1.54) is 0 Å². The molecule has 0 aromatic rings. The van der Waals surface area contributed by atoms with Crippen molar-refractivity contribution in [2.24, 2.45) is 11.8 Å². The number of carboxylic acid groups (broad SMARTS) is 1. The molecule has 0 aliphatic heterocycles. The summed E-state index contributed by atoms with van der Waals surface area (Å²) in [5.41, 5.74) is -1.90. The number of carboxylic acids is 1. The van der Waals surface area contributed by atoms with Gasteiger partial charge in [-0.25, -0.2) is 14.4 Å². The van der Waals surface area contributed by atoms with Crippen LogP contribution in [0.25, 0.3) is 0 Å². The number of hydrogen-bond acceptors (Lipinski definition) is 9. The minimum atomic E-state index is -1.90. The van der Waals surface area contributed by atoms with Crippen LogP contribution in [-0.2, 0) is 42.9 Å². The highest BCUT2D eigenvalue weighted by molar-refractivity contribution is 5.83. The van der Waals surface area contributed by atoms with Crippen molar-refractivity contribution in [3.05, 3.63) is 38.0 Å². The van der Waals surface area contributed by atoms with Gasteiger partial charge in [-0.05, 0) is 12.8 Å². The van der Waals surface area contributed by atoms with Gasteiger partial charge in [-0.15, -0.1) is 0 Å². The average Bonchev–Trinajstić information content (AvgIpc) is 2.78. The van der Waals surface area contributed by atoms with E-state index in [1.807, 2.05) is 0 Å². The fourth-order valence-corrected chi connectivity index (χ4v) is 3.01. The molecule has 31 heavy (non-hydrogen) atoms. The Balaban J connectivity index is 3.06. The number of esters is 4. The number of carbonyl (C=O) groups excluding carboxylic acids is 4. The molecule has 10 nitrogen and oxygen atoms in total. The van der Waals surface area contributed by atoms with Gasteiger partial charge in [0.05, 0.1) is 11.8 Å². The molecule has 10 heteroatoms. The number of ether oxygens (including phenoxy) is 4. The van der Waals surface area contributed by atoms with E-state index in [1.54, 1.807) is 0 Å². The van der Waals surface area contributed by atoms with E-state index in [-0.39, 0.29) is 0 Å². The molecule has 0 heterocycles. The van der Waals surface area contributed by atoms with Gasteiger partial charge in [0, 0.05) is 18.2 Å². The molecule has 1 aliphatic carbocycles. The molecule has 1 rings (SSSR count). The van der Waals surface area contributed by atoms with E-state index in [0.29, 0.717) is 25.7 Å². The summed E-state index contributed by atoms with van der Waals surface area (Å²) >= 11 is 0. The highest BCUT2D eigenvalue weighted by Crippen LogP contribution is 2.31. The van der Waals surface area contributed by atoms with Crippen LogP contribution < -0.4 is 0 Å². The van der Waals surface area contributed by atoms with Gasteiger partial charge in [-0.1, -0.05) is 32.6 Å². The zero-order valence-electron chi connectivity index (χ0n) is 17.1. The van der Waals surface area contributed by atoms with E-state index >= 15 is 0 Å². The van der Waals surface area contributed by atoms with Crippen LogP contribution in [0.1, 0.15) is 25.7 Å². The van der Waals surface area contributed by atoms with Crippen LogP contribution in [0.15, 0.2) is 38.0 Å². The summed E-state index contributed by atoms with van der Waals surface area (Å²) in [7, 11) is 0. The third kappa shape index (κ3) is 8.07. The lowest BCUT2D eigenvalue weighted by Crippen LogP contribution is -2.50. The first-order valence-corrected chi connectivity index (χ1v) is 9.51. The normalized spacial score (nSPS) is 18.1. The van der Waals surface area contributed by atoms with Crippen molar-refractivity contribution >= 4 is 29.8 Å². The molecule has 0 bridgehead atoms. The Labute approximate surface area is 179 Å². The van der Waals surface area contributed by atoms with E-state index in [9.17, 15) is 29.1 Å². The summed E-state index contributed by atoms with van der Waals surface area (Å²) in [4.78, 5) is 59.0. The Morgan fingerprint density at radius 1 is 0.774 bits per heavy atom.